The van der Waals surface area contributed by atoms with E-state index in [1.165, 1.54) is 27.7 Å². The first-order chi connectivity index (χ1) is 12.1. The van der Waals surface area contributed by atoms with E-state index in [4.69, 9.17) is 0 Å². The van der Waals surface area contributed by atoms with E-state index < -0.39 is 0 Å². The molecule has 8 heteroatoms. The van der Waals surface area contributed by atoms with Gasteiger partial charge < -0.3 is 5.32 Å². The highest BCUT2D eigenvalue weighted by Gasteiger charge is 2.12. The van der Waals surface area contributed by atoms with Crippen LogP contribution in [0.3, 0.4) is 0 Å². The van der Waals surface area contributed by atoms with Gasteiger partial charge >= 0.3 is 0 Å². The first-order valence-electron chi connectivity index (χ1n) is 7.48. The summed E-state index contributed by atoms with van der Waals surface area (Å²) < 4.78 is 1.43. The Morgan fingerprint density at radius 3 is 2.76 bits per heavy atom. The molecule has 1 N–H and O–H groups in total. The van der Waals surface area contributed by atoms with Crippen molar-refractivity contribution in [3.05, 3.63) is 57.7 Å². The van der Waals surface area contributed by atoms with Gasteiger partial charge in [-0.3, -0.25) is 19.0 Å². The highest BCUT2D eigenvalue weighted by atomic mass is 32.2. The summed E-state index contributed by atoms with van der Waals surface area (Å²) in [6.45, 7) is -0.0558. The zero-order valence-electron chi connectivity index (χ0n) is 13.4. The van der Waals surface area contributed by atoms with E-state index in [1.54, 1.807) is 37.4 Å². The number of fused-ring (bicyclic) bond motifs is 1. The fraction of sp³-hybridized carbons (Fsp3) is 0.176. The number of Topliss-reactive ketones (excluding diaryl/α,β-unsaturated/α-hetero) is 1. The fourth-order valence-electron chi connectivity index (χ4n) is 2.20. The number of thioether (sulfide) groups is 1. The number of nitrogens with zero attached hydrogens (tertiary/aromatic N) is 2. The van der Waals surface area contributed by atoms with Crippen LogP contribution in [0.4, 0.5) is 0 Å². The van der Waals surface area contributed by atoms with Crippen LogP contribution in [0.2, 0.25) is 0 Å². The second-order valence-electron chi connectivity index (χ2n) is 5.25. The Hall–Kier alpha value is -2.45. The lowest BCUT2D eigenvalue weighted by atomic mass is 10.1. The monoisotopic (exact) mass is 373 g/mol. The normalized spacial score (nSPS) is 10.8. The van der Waals surface area contributed by atoms with Crippen molar-refractivity contribution in [2.75, 3.05) is 12.3 Å². The number of benzene rings is 1. The average molecular weight is 373 g/mol. The molecule has 0 aliphatic heterocycles. The largest absolute Gasteiger partial charge is 0.348 e. The summed E-state index contributed by atoms with van der Waals surface area (Å²) in [5.74, 6) is -0.349. The van der Waals surface area contributed by atoms with Gasteiger partial charge in [-0.25, -0.2) is 4.98 Å². The maximum absolute atomic E-state index is 12.2. The van der Waals surface area contributed by atoms with Crippen LogP contribution in [0.5, 0.6) is 0 Å². The number of ketones is 1. The van der Waals surface area contributed by atoms with Crippen LogP contribution in [0.25, 0.3) is 10.2 Å². The van der Waals surface area contributed by atoms with Crippen molar-refractivity contribution in [3.63, 3.8) is 0 Å². The van der Waals surface area contributed by atoms with Gasteiger partial charge in [-0.1, -0.05) is 42.1 Å². The minimum atomic E-state index is -0.283. The first kappa shape index (κ1) is 17.4. The van der Waals surface area contributed by atoms with Gasteiger partial charge in [0.25, 0.3) is 5.56 Å². The van der Waals surface area contributed by atoms with E-state index in [2.05, 4.69) is 10.3 Å². The summed E-state index contributed by atoms with van der Waals surface area (Å²) in [5, 5.41) is 5.47. The Morgan fingerprint density at radius 2 is 2.00 bits per heavy atom. The van der Waals surface area contributed by atoms with Crippen LogP contribution in [0, 0.1) is 0 Å². The summed E-state index contributed by atoms with van der Waals surface area (Å²) in [6, 6.07) is 10.5. The van der Waals surface area contributed by atoms with Gasteiger partial charge in [0.05, 0.1) is 17.7 Å². The molecule has 0 radical (unpaired) electrons. The lowest BCUT2D eigenvalue weighted by Gasteiger charge is -2.07. The van der Waals surface area contributed by atoms with E-state index in [-0.39, 0.29) is 29.5 Å². The lowest BCUT2D eigenvalue weighted by molar-refractivity contribution is -0.118. The predicted molar refractivity (Wildman–Crippen MR) is 99.4 cm³/mol. The molecule has 0 aliphatic carbocycles. The molecule has 0 atom stereocenters. The Morgan fingerprint density at radius 1 is 1.24 bits per heavy atom. The Kier molecular flexibility index (Phi) is 5.30. The number of thiophene rings is 1. The Bertz CT molecular complexity index is 980. The molecule has 0 bridgehead atoms. The molecule has 128 valence electrons. The van der Waals surface area contributed by atoms with Gasteiger partial charge in [-0.05, 0) is 11.4 Å². The number of carbonyl (C=O) groups excluding carboxylic acids is 2. The quantitative estimate of drug-likeness (QED) is 0.406. The molecule has 0 aliphatic rings. The maximum Gasteiger partial charge on any atom is 0.262 e. The second-order valence-corrected chi connectivity index (χ2v) is 7.09. The summed E-state index contributed by atoms with van der Waals surface area (Å²) in [5.41, 5.74) is 0.427. The van der Waals surface area contributed by atoms with Crippen molar-refractivity contribution in [2.45, 2.75) is 5.16 Å². The van der Waals surface area contributed by atoms with Crippen molar-refractivity contribution in [1.29, 1.82) is 0 Å². The van der Waals surface area contributed by atoms with Crippen LogP contribution >= 0.6 is 23.1 Å². The number of rotatable bonds is 6. The molecule has 3 aromatic rings. The number of amides is 1. The predicted octanol–water partition coefficient (Wildman–Crippen LogP) is 2.09. The fourth-order valence-corrected chi connectivity index (χ4v) is 3.80. The average Bonchev–Trinajstić information content (AvgIpc) is 3.11. The topological polar surface area (TPSA) is 81.1 Å². The molecular weight excluding hydrogens is 358 g/mol. The number of hydrogen-bond acceptors (Lipinski definition) is 6. The number of nitrogens with one attached hydrogen (secondary N) is 1. The van der Waals surface area contributed by atoms with Crippen LogP contribution in [-0.2, 0) is 11.8 Å². The van der Waals surface area contributed by atoms with Gasteiger partial charge in [0.15, 0.2) is 10.9 Å². The summed E-state index contributed by atoms with van der Waals surface area (Å²) in [6.07, 6.45) is 0. The molecule has 0 spiro atoms. The lowest BCUT2D eigenvalue weighted by Crippen LogP contribution is -2.31. The molecule has 3 rings (SSSR count). The third-order valence-electron chi connectivity index (χ3n) is 3.54. The molecular formula is C17H15N3O3S2. The van der Waals surface area contributed by atoms with E-state index in [0.29, 0.717) is 20.9 Å². The molecule has 2 heterocycles. The third kappa shape index (κ3) is 3.97. The molecule has 0 saturated carbocycles. The van der Waals surface area contributed by atoms with E-state index in [1.807, 2.05) is 11.4 Å². The minimum Gasteiger partial charge on any atom is -0.348 e. The zero-order valence-corrected chi connectivity index (χ0v) is 15.0. The van der Waals surface area contributed by atoms with Crippen LogP contribution in [0.1, 0.15) is 10.4 Å². The van der Waals surface area contributed by atoms with Gasteiger partial charge in [0, 0.05) is 12.6 Å². The third-order valence-corrected chi connectivity index (χ3v) is 5.37. The molecule has 0 fully saturated rings. The molecule has 6 nitrogen and oxygen atoms in total. The highest BCUT2D eigenvalue weighted by Crippen LogP contribution is 2.20. The maximum atomic E-state index is 12.2. The molecule has 1 aromatic carbocycles. The van der Waals surface area contributed by atoms with Gasteiger partial charge in [-0.15, -0.1) is 11.3 Å². The summed E-state index contributed by atoms with van der Waals surface area (Å²) in [7, 11) is 1.63. The molecule has 2 aromatic heterocycles. The van der Waals surface area contributed by atoms with E-state index in [9.17, 15) is 14.4 Å². The molecule has 0 saturated heterocycles. The van der Waals surface area contributed by atoms with Crippen LogP contribution in [-0.4, -0.2) is 33.5 Å². The van der Waals surface area contributed by atoms with Crippen molar-refractivity contribution in [3.8, 4) is 0 Å². The van der Waals surface area contributed by atoms with Crippen molar-refractivity contribution >= 4 is 45.0 Å². The number of aromatic nitrogens is 2. The van der Waals surface area contributed by atoms with Crippen molar-refractivity contribution in [1.82, 2.24) is 14.9 Å². The Labute approximate surface area is 151 Å². The van der Waals surface area contributed by atoms with Crippen LogP contribution in [0.15, 0.2) is 51.7 Å². The van der Waals surface area contributed by atoms with Gasteiger partial charge in [0.2, 0.25) is 5.91 Å². The number of hydrogen-bond donors (Lipinski definition) is 1. The molecule has 25 heavy (non-hydrogen) atoms. The molecule has 0 unspecified atom stereocenters. The van der Waals surface area contributed by atoms with Crippen molar-refractivity contribution in [2.24, 2.45) is 7.05 Å². The molecule has 1 amide bonds. The van der Waals surface area contributed by atoms with E-state index in [0.717, 1.165) is 0 Å². The second kappa shape index (κ2) is 7.62. The van der Waals surface area contributed by atoms with Gasteiger partial charge in [-0.2, -0.15) is 0 Å². The SMILES string of the molecule is Cn1c(SCC(=O)NCC(=O)c2ccccc2)nc2sccc2c1=O. The Balaban J connectivity index is 1.58. The smallest absolute Gasteiger partial charge is 0.262 e. The van der Waals surface area contributed by atoms with Gasteiger partial charge in [0.1, 0.15) is 4.83 Å². The van der Waals surface area contributed by atoms with E-state index >= 15 is 0 Å². The minimum absolute atomic E-state index is 0.0558. The highest BCUT2D eigenvalue weighted by molar-refractivity contribution is 7.99. The first-order valence-corrected chi connectivity index (χ1v) is 9.35. The van der Waals surface area contributed by atoms with Crippen molar-refractivity contribution < 1.29 is 9.59 Å². The number of carbonyl (C=O) groups is 2. The summed E-state index contributed by atoms with van der Waals surface area (Å²) >= 11 is 2.56. The van der Waals surface area contributed by atoms with Crippen LogP contribution < -0.4 is 10.9 Å². The standard InChI is InChI=1S/C17H15N3O3S2/c1-20-16(23)12-7-8-24-15(12)19-17(20)25-10-14(22)18-9-13(21)11-5-3-2-4-6-11/h2-8H,9-10H2,1H3,(H,18,22). The summed E-state index contributed by atoms with van der Waals surface area (Å²) in [4.78, 5) is 41.2. The zero-order chi connectivity index (χ0) is 17.8.